The van der Waals surface area contributed by atoms with Crippen molar-refractivity contribution in [2.45, 2.75) is 19.9 Å². The molecule has 0 spiro atoms. The largest absolute Gasteiger partial charge is 0.494 e. The molecule has 0 aliphatic rings. The molecule has 0 saturated carbocycles. The van der Waals surface area contributed by atoms with E-state index in [0.29, 0.717) is 5.75 Å². The predicted molar refractivity (Wildman–Crippen MR) is 120 cm³/mol. The molecule has 1 atom stereocenters. The Morgan fingerprint density at radius 2 is 1.80 bits per heavy atom. The van der Waals surface area contributed by atoms with Crippen molar-refractivity contribution in [2.75, 3.05) is 13.7 Å². The number of benzene rings is 3. The summed E-state index contributed by atoms with van der Waals surface area (Å²) in [6.07, 6.45) is 1.77. The van der Waals surface area contributed by atoms with Crippen LogP contribution >= 0.6 is 0 Å². The third kappa shape index (κ3) is 5.95. The summed E-state index contributed by atoms with van der Waals surface area (Å²) in [5, 5.41) is 2.93. The third-order valence-corrected chi connectivity index (χ3v) is 4.61. The van der Waals surface area contributed by atoms with E-state index in [1.54, 1.807) is 13.3 Å². The van der Waals surface area contributed by atoms with Gasteiger partial charge in [0.05, 0.1) is 13.2 Å². The summed E-state index contributed by atoms with van der Waals surface area (Å²) in [7, 11) is 1.63. The van der Waals surface area contributed by atoms with E-state index in [2.05, 4.69) is 10.3 Å². The molecule has 5 nitrogen and oxygen atoms in total. The Hall–Kier alpha value is -3.60. The van der Waals surface area contributed by atoms with Crippen LogP contribution in [0.4, 0.5) is 5.69 Å². The van der Waals surface area contributed by atoms with Crippen molar-refractivity contribution in [1.29, 1.82) is 0 Å². The first-order valence-electron chi connectivity index (χ1n) is 9.81. The molecule has 1 N–H and O–H groups in total. The number of methoxy groups -OCH3 is 1. The van der Waals surface area contributed by atoms with Crippen molar-refractivity contribution in [1.82, 2.24) is 5.32 Å². The highest BCUT2D eigenvalue weighted by atomic mass is 16.5. The highest BCUT2D eigenvalue weighted by Gasteiger charge is 2.09. The fourth-order valence-electron chi connectivity index (χ4n) is 2.95. The summed E-state index contributed by atoms with van der Waals surface area (Å²) in [6, 6.07) is 23.1. The number of carbonyl (C=O) groups is 1. The van der Waals surface area contributed by atoms with Gasteiger partial charge in [0.2, 0.25) is 0 Å². The minimum Gasteiger partial charge on any atom is -0.494 e. The van der Waals surface area contributed by atoms with Gasteiger partial charge < -0.3 is 14.8 Å². The molecule has 154 valence electrons. The van der Waals surface area contributed by atoms with E-state index in [1.165, 1.54) is 0 Å². The predicted octanol–water partition coefficient (Wildman–Crippen LogP) is 5.01. The molecule has 1 amide bonds. The third-order valence-electron chi connectivity index (χ3n) is 4.61. The standard InChI is InChI=1S/C25H26N2O3/c1-18-9-14-24(29-3)23(15-18)26-16-20-10-12-22(13-11-20)30-17-25(28)27-19(2)21-7-5-4-6-8-21/h4-16,19H,17H2,1-3H3,(H,27,28)/t19-/m1/s1. The van der Waals surface area contributed by atoms with Crippen molar-refractivity contribution in [3.8, 4) is 11.5 Å². The number of hydrogen-bond donors (Lipinski definition) is 1. The average Bonchev–Trinajstić information content (AvgIpc) is 2.77. The highest BCUT2D eigenvalue weighted by molar-refractivity contribution is 5.83. The van der Waals surface area contributed by atoms with Crippen LogP contribution in [0.1, 0.15) is 29.7 Å². The van der Waals surface area contributed by atoms with Crippen LogP contribution in [0.3, 0.4) is 0 Å². The molecule has 0 radical (unpaired) electrons. The van der Waals surface area contributed by atoms with Crippen molar-refractivity contribution < 1.29 is 14.3 Å². The van der Waals surface area contributed by atoms with Gasteiger partial charge in [-0.15, -0.1) is 0 Å². The second-order valence-electron chi connectivity index (χ2n) is 6.99. The lowest BCUT2D eigenvalue weighted by atomic mass is 10.1. The zero-order chi connectivity index (χ0) is 21.3. The Balaban J connectivity index is 1.53. The molecular weight excluding hydrogens is 376 g/mol. The Labute approximate surface area is 177 Å². The number of aliphatic imine (C=N–C) groups is 1. The smallest absolute Gasteiger partial charge is 0.258 e. The molecule has 30 heavy (non-hydrogen) atoms. The average molecular weight is 402 g/mol. The number of ether oxygens (including phenoxy) is 2. The maximum absolute atomic E-state index is 12.1. The van der Waals surface area contributed by atoms with Crippen LogP contribution in [0.25, 0.3) is 0 Å². The molecule has 3 aromatic rings. The minimum atomic E-state index is -0.163. The van der Waals surface area contributed by atoms with Gasteiger partial charge in [-0.25, -0.2) is 0 Å². The fraction of sp³-hybridized carbons (Fsp3) is 0.200. The van der Waals surface area contributed by atoms with Crippen LogP contribution in [0.15, 0.2) is 77.8 Å². The van der Waals surface area contributed by atoms with E-state index >= 15 is 0 Å². The van der Waals surface area contributed by atoms with Gasteiger partial charge in [0, 0.05) is 6.21 Å². The summed E-state index contributed by atoms with van der Waals surface area (Å²) in [4.78, 5) is 16.7. The Kier molecular flexibility index (Phi) is 7.22. The van der Waals surface area contributed by atoms with Crippen molar-refractivity contribution in [2.24, 2.45) is 4.99 Å². The van der Waals surface area contributed by atoms with Crippen LogP contribution in [0.5, 0.6) is 11.5 Å². The number of hydrogen-bond acceptors (Lipinski definition) is 4. The van der Waals surface area contributed by atoms with Gasteiger partial charge in [0.15, 0.2) is 6.61 Å². The lowest BCUT2D eigenvalue weighted by Gasteiger charge is -2.14. The lowest BCUT2D eigenvalue weighted by molar-refractivity contribution is -0.123. The van der Waals surface area contributed by atoms with E-state index in [9.17, 15) is 4.79 Å². The first-order valence-corrected chi connectivity index (χ1v) is 9.81. The summed E-state index contributed by atoms with van der Waals surface area (Å²) >= 11 is 0. The Bertz CT molecular complexity index is 999. The zero-order valence-corrected chi connectivity index (χ0v) is 17.5. The maximum atomic E-state index is 12.1. The molecule has 0 aliphatic carbocycles. The molecule has 0 aliphatic heterocycles. The van der Waals surface area contributed by atoms with E-state index in [4.69, 9.17) is 9.47 Å². The van der Waals surface area contributed by atoms with Crippen LogP contribution in [0, 0.1) is 6.92 Å². The van der Waals surface area contributed by atoms with E-state index < -0.39 is 0 Å². The first-order chi connectivity index (χ1) is 14.5. The number of rotatable bonds is 8. The quantitative estimate of drug-likeness (QED) is 0.539. The molecular formula is C25H26N2O3. The van der Waals surface area contributed by atoms with Crippen molar-refractivity contribution >= 4 is 17.8 Å². The monoisotopic (exact) mass is 402 g/mol. The molecule has 3 aromatic carbocycles. The number of nitrogens with zero attached hydrogens (tertiary/aromatic N) is 1. The van der Waals surface area contributed by atoms with Crippen LogP contribution in [-0.2, 0) is 4.79 Å². The maximum Gasteiger partial charge on any atom is 0.258 e. The zero-order valence-electron chi connectivity index (χ0n) is 17.5. The lowest BCUT2D eigenvalue weighted by Crippen LogP contribution is -2.31. The van der Waals surface area contributed by atoms with Gasteiger partial charge in [-0.3, -0.25) is 9.79 Å². The van der Waals surface area contributed by atoms with Crippen LogP contribution in [0.2, 0.25) is 0 Å². The van der Waals surface area contributed by atoms with Crippen LogP contribution < -0.4 is 14.8 Å². The molecule has 0 bridgehead atoms. The first kappa shape index (κ1) is 21.1. The summed E-state index contributed by atoms with van der Waals surface area (Å²) in [6.45, 7) is 3.93. The summed E-state index contributed by atoms with van der Waals surface area (Å²) in [5.41, 5.74) is 3.88. The van der Waals surface area contributed by atoms with Gasteiger partial charge >= 0.3 is 0 Å². The summed E-state index contributed by atoms with van der Waals surface area (Å²) < 4.78 is 10.9. The van der Waals surface area contributed by atoms with Gasteiger partial charge in [0.25, 0.3) is 5.91 Å². The second-order valence-corrected chi connectivity index (χ2v) is 6.99. The molecule has 0 saturated heterocycles. The molecule has 0 fully saturated rings. The molecule has 3 rings (SSSR count). The molecule has 0 heterocycles. The normalized spacial score (nSPS) is 11.8. The van der Waals surface area contributed by atoms with E-state index in [0.717, 1.165) is 28.1 Å². The fourth-order valence-corrected chi connectivity index (χ4v) is 2.95. The van der Waals surface area contributed by atoms with Crippen LogP contribution in [-0.4, -0.2) is 25.8 Å². The number of amides is 1. The summed E-state index contributed by atoms with van der Waals surface area (Å²) in [5.74, 6) is 1.19. The van der Waals surface area contributed by atoms with Gasteiger partial charge in [-0.1, -0.05) is 36.4 Å². The number of carbonyl (C=O) groups excluding carboxylic acids is 1. The van der Waals surface area contributed by atoms with E-state index in [1.807, 2.05) is 86.6 Å². The number of aryl methyl sites for hydroxylation is 1. The SMILES string of the molecule is COc1ccc(C)cc1N=Cc1ccc(OCC(=O)N[C@H](C)c2ccccc2)cc1. The Morgan fingerprint density at radius 1 is 1.07 bits per heavy atom. The van der Waals surface area contributed by atoms with Crippen molar-refractivity contribution in [3.63, 3.8) is 0 Å². The number of nitrogens with one attached hydrogen (secondary N) is 1. The highest BCUT2D eigenvalue weighted by Crippen LogP contribution is 2.28. The molecule has 5 heteroatoms. The Morgan fingerprint density at radius 3 is 2.50 bits per heavy atom. The van der Waals surface area contributed by atoms with E-state index in [-0.39, 0.29) is 18.6 Å². The molecule has 0 aromatic heterocycles. The second kappa shape index (κ2) is 10.3. The topological polar surface area (TPSA) is 59.9 Å². The van der Waals surface area contributed by atoms with Gasteiger partial charge in [-0.2, -0.15) is 0 Å². The van der Waals surface area contributed by atoms with Gasteiger partial charge in [-0.05, 0) is 66.9 Å². The van der Waals surface area contributed by atoms with Crippen molar-refractivity contribution in [3.05, 3.63) is 89.5 Å². The van der Waals surface area contributed by atoms with Gasteiger partial charge in [0.1, 0.15) is 17.2 Å². The minimum absolute atomic E-state index is 0.0366. The molecule has 0 unspecified atom stereocenters.